The first kappa shape index (κ1) is 18.6. The van der Waals surface area contributed by atoms with Crippen LogP contribution in [0.15, 0.2) is 82.2 Å². The molecule has 0 aliphatic rings. The van der Waals surface area contributed by atoms with Crippen LogP contribution in [0.1, 0.15) is 11.1 Å². The molecular formula is C24H20O5. The molecule has 0 saturated heterocycles. The molecule has 0 saturated carbocycles. The zero-order valence-electron chi connectivity index (χ0n) is 16.2. The summed E-state index contributed by atoms with van der Waals surface area (Å²) < 4.78 is 22.5. The molecule has 0 aliphatic heterocycles. The predicted octanol–water partition coefficient (Wildman–Crippen LogP) is 5.48. The van der Waals surface area contributed by atoms with E-state index in [1.165, 1.54) is 6.26 Å². The molecule has 4 rings (SSSR count). The quantitative estimate of drug-likeness (QED) is 0.438. The van der Waals surface area contributed by atoms with Gasteiger partial charge in [0, 0.05) is 6.07 Å². The minimum Gasteiger partial charge on any atom is -0.493 e. The summed E-state index contributed by atoms with van der Waals surface area (Å²) in [7, 11) is 1.55. The predicted molar refractivity (Wildman–Crippen MR) is 111 cm³/mol. The lowest BCUT2D eigenvalue weighted by atomic mass is 10.1. The molecule has 4 aromatic rings. The third-order valence-corrected chi connectivity index (χ3v) is 4.66. The first-order valence-electron chi connectivity index (χ1n) is 9.19. The Hall–Kier alpha value is -3.73. The second-order valence-electron chi connectivity index (χ2n) is 6.56. The van der Waals surface area contributed by atoms with Crippen LogP contribution in [0.25, 0.3) is 11.0 Å². The van der Waals surface area contributed by atoms with E-state index >= 15 is 0 Å². The first-order valence-corrected chi connectivity index (χ1v) is 9.19. The van der Waals surface area contributed by atoms with E-state index in [1.807, 2.05) is 37.3 Å². The van der Waals surface area contributed by atoms with Crippen molar-refractivity contribution < 1.29 is 18.6 Å². The molecule has 0 bridgehead atoms. The Labute approximate surface area is 168 Å². The number of benzene rings is 3. The third kappa shape index (κ3) is 3.94. The van der Waals surface area contributed by atoms with Gasteiger partial charge in [-0.15, -0.1) is 0 Å². The molecule has 0 spiro atoms. The third-order valence-electron chi connectivity index (χ3n) is 4.66. The number of ether oxygens (including phenoxy) is 3. The largest absolute Gasteiger partial charge is 0.493 e. The Kier molecular flexibility index (Phi) is 5.20. The van der Waals surface area contributed by atoms with E-state index in [9.17, 15) is 4.79 Å². The van der Waals surface area contributed by atoms with Gasteiger partial charge in [-0.3, -0.25) is 4.79 Å². The van der Waals surface area contributed by atoms with Crippen LogP contribution in [0.5, 0.6) is 23.0 Å². The van der Waals surface area contributed by atoms with Crippen LogP contribution in [0.4, 0.5) is 0 Å². The standard InChI is InChI=1S/C24H20O5/c1-16-7-3-4-8-17(16)14-27-18-11-12-19-22(13-18)28-15-23(24(19)25)29-21-10-6-5-9-20(21)26-2/h3-13,15H,14H2,1-2H3. The molecule has 29 heavy (non-hydrogen) atoms. The highest BCUT2D eigenvalue weighted by atomic mass is 16.5. The molecule has 3 aromatic carbocycles. The lowest BCUT2D eigenvalue weighted by molar-refractivity contribution is 0.305. The summed E-state index contributed by atoms with van der Waals surface area (Å²) >= 11 is 0. The summed E-state index contributed by atoms with van der Waals surface area (Å²) in [5.41, 5.74) is 2.44. The van der Waals surface area contributed by atoms with Crippen molar-refractivity contribution in [3.8, 4) is 23.0 Å². The van der Waals surface area contributed by atoms with Gasteiger partial charge in [-0.05, 0) is 42.3 Å². The number of hydrogen-bond donors (Lipinski definition) is 0. The van der Waals surface area contributed by atoms with E-state index in [1.54, 1.807) is 43.5 Å². The summed E-state index contributed by atoms with van der Waals surface area (Å²) in [5, 5.41) is 0.417. The zero-order chi connectivity index (χ0) is 20.2. The van der Waals surface area contributed by atoms with Crippen molar-refractivity contribution in [1.29, 1.82) is 0 Å². The lowest BCUT2D eigenvalue weighted by Gasteiger charge is -2.11. The summed E-state index contributed by atoms with van der Waals surface area (Å²) in [5.74, 6) is 1.70. The van der Waals surface area contributed by atoms with Gasteiger partial charge in [-0.1, -0.05) is 36.4 Å². The Balaban J connectivity index is 1.58. The van der Waals surface area contributed by atoms with Crippen LogP contribution in [-0.4, -0.2) is 7.11 Å². The van der Waals surface area contributed by atoms with E-state index in [0.717, 1.165) is 11.1 Å². The Morgan fingerprint density at radius 2 is 1.66 bits per heavy atom. The molecule has 0 amide bonds. The highest BCUT2D eigenvalue weighted by molar-refractivity contribution is 5.79. The molecule has 0 aliphatic carbocycles. The highest BCUT2D eigenvalue weighted by Gasteiger charge is 2.12. The molecule has 5 heteroatoms. The number of methoxy groups -OCH3 is 1. The maximum absolute atomic E-state index is 12.8. The number of fused-ring (bicyclic) bond motifs is 1. The fourth-order valence-electron chi connectivity index (χ4n) is 3.01. The van der Waals surface area contributed by atoms with Gasteiger partial charge in [-0.25, -0.2) is 0 Å². The molecule has 0 atom stereocenters. The minimum atomic E-state index is -0.261. The Morgan fingerprint density at radius 1 is 0.897 bits per heavy atom. The average Bonchev–Trinajstić information content (AvgIpc) is 2.75. The van der Waals surface area contributed by atoms with Crippen molar-refractivity contribution >= 4 is 11.0 Å². The van der Waals surface area contributed by atoms with Crippen LogP contribution in [-0.2, 0) is 6.61 Å². The molecule has 0 unspecified atom stereocenters. The Bertz CT molecular complexity index is 1210. The second kappa shape index (κ2) is 8.10. The van der Waals surface area contributed by atoms with Crippen LogP contribution in [0.3, 0.4) is 0 Å². The van der Waals surface area contributed by atoms with E-state index in [4.69, 9.17) is 18.6 Å². The highest BCUT2D eigenvalue weighted by Crippen LogP contribution is 2.30. The van der Waals surface area contributed by atoms with Gasteiger partial charge >= 0.3 is 0 Å². The first-order chi connectivity index (χ1) is 14.2. The van der Waals surface area contributed by atoms with E-state index in [-0.39, 0.29) is 11.2 Å². The molecular weight excluding hydrogens is 368 g/mol. The maximum Gasteiger partial charge on any atom is 0.235 e. The SMILES string of the molecule is COc1ccccc1Oc1coc2cc(OCc3ccccc3C)ccc2c1=O. The van der Waals surface area contributed by atoms with Crippen molar-refractivity contribution in [1.82, 2.24) is 0 Å². The van der Waals surface area contributed by atoms with Crippen molar-refractivity contribution in [3.63, 3.8) is 0 Å². The van der Waals surface area contributed by atoms with Crippen LogP contribution >= 0.6 is 0 Å². The Morgan fingerprint density at radius 3 is 2.45 bits per heavy atom. The van der Waals surface area contributed by atoms with Gasteiger partial charge in [-0.2, -0.15) is 0 Å². The van der Waals surface area contributed by atoms with E-state index < -0.39 is 0 Å². The monoisotopic (exact) mass is 388 g/mol. The van der Waals surface area contributed by atoms with Crippen molar-refractivity contribution in [2.45, 2.75) is 13.5 Å². The van der Waals surface area contributed by atoms with Gasteiger partial charge in [0.15, 0.2) is 11.5 Å². The van der Waals surface area contributed by atoms with Gasteiger partial charge in [0.05, 0.1) is 12.5 Å². The van der Waals surface area contributed by atoms with Crippen LogP contribution < -0.4 is 19.6 Å². The van der Waals surface area contributed by atoms with Gasteiger partial charge < -0.3 is 18.6 Å². The fourth-order valence-corrected chi connectivity index (χ4v) is 3.01. The van der Waals surface area contributed by atoms with Gasteiger partial charge in [0.25, 0.3) is 0 Å². The van der Waals surface area contributed by atoms with Crippen molar-refractivity contribution in [3.05, 3.63) is 94.3 Å². The number of para-hydroxylation sites is 2. The smallest absolute Gasteiger partial charge is 0.235 e. The van der Waals surface area contributed by atoms with E-state index in [0.29, 0.717) is 34.8 Å². The number of hydrogen-bond acceptors (Lipinski definition) is 5. The van der Waals surface area contributed by atoms with Gasteiger partial charge in [0.1, 0.15) is 24.2 Å². The fraction of sp³-hybridized carbons (Fsp3) is 0.125. The second-order valence-corrected chi connectivity index (χ2v) is 6.56. The van der Waals surface area contributed by atoms with Crippen LogP contribution in [0, 0.1) is 6.92 Å². The average molecular weight is 388 g/mol. The van der Waals surface area contributed by atoms with Crippen molar-refractivity contribution in [2.24, 2.45) is 0 Å². The molecule has 0 fully saturated rings. The topological polar surface area (TPSA) is 57.9 Å². The minimum absolute atomic E-state index is 0.0931. The normalized spacial score (nSPS) is 10.7. The zero-order valence-corrected chi connectivity index (χ0v) is 16.2. The lowest BCUT2D eigenvalue weighted by Crippen LogP contribution is -2.05. The number of aryl methyl sites for hydroxylation is 1. The van der Waals surface area contributed by atoms with Gasteiger partial charge in [0.2, 0.25) is 11.2 Å². The van der Waals surface area contributed by atoms with Crippen molar-refractivity contribution in [2.75, 3.05) is 7.11 Å². The summed E-state index contributed by atoms with van der Waals surface area (Å²) in [6.07, 6.45) is 1.31. The molecule has 1 heterocycles. The molecule has 5 nitrogen and oxygen atoms in total. The summed E-state index contributed by atoms with van der Waals surface area (Å²) in [4.78, 5) is 12.8. The number of rotatable bonds is 6. The maximum atomic E-state index is 12.8. The van der Waals surface area contributed by atoms with Crippen LogP contribution in [0.2, 0.25) is 0 Å². The molecule has 146 valence electrons. The molecule has 0 radical (unpaired) electrons. The summed E-state index contributed by atoms with van der Waals surface area (Å²) in [6.45, 7) is 2.48. The van der Waals surface area contributed by atoms with E-state index in [2.05, 4.69) is 0 Å². The molecule has 1 aromatic heterocycles. The summed E-state index contributed by atoms with van der Waals surface area (Å²) in [6, 6.07) is 20.3. The molecule has 0 N–H and O–H groups in total.